The average Bonchev–Trinajstić information content (AvgIpc) is 2.81. The van der Waals surface area contributed by atoms with Crippen molar-refractivity contribution in [2.24, 2.45) is 17.3 Å². The van der Waals surface area contributed by atoms with Crippen LogP contribution >= 0.6 is 0 Å². The molecule has 2 N–H and O–H groups in total. The van der Waals surface area contributed by atoms with Gasteiger partial charge in [-0.3, -0.25) is 9.59 Å². The molecule has 0 spiro atoms. The maximum atomic E-state index is 12.3. The zero-order valence-corrected chi connectivity index (χ0v) is 15.7. The van der Waals surface area contributed by atoms with Gasteiger partial charge in [0.25, 0.3) is 5.91 Å². The number of sulfone groups is 1. The Bertz CT molecular complexity index is 703. The molecule has 5 rings (SSSR count). The van der Waals surface area contributed by atoms with Gasteiger partial charge in [-0.25, -0.2) is 8.42 Å². The molecule has 0 radical (unpaired) electrons. The van der Waals surface area contributed by atoms with Gasteiger partial charge in [-0.15, -0.1) is 0 Å². The molecule has 1 aliphatic heterocycles. The number of hydrogen-bond donors (Lipinski definition) is 2. The van der Waals surface area contributed by atoms with Crippen molar-refractivity contribution in [2.45, 2.75) is 63.0 Å². The van der Waals surface area contributed by atoms with Crippen LogP contribution in [0.3, 0.4) is 0 Å². The zero-order valence-electron chi connectivity index (χ0n) is 14.9. The highest BCUT2D eigenvalue weighted by Crippen LogP contribution is 2.62. The molecule has 4 bridgehead atoms. The molecule has 8 heteroatoms. The van der Waals surface area contributed by atoms with E-state index in [-0.39, 0.29) is 36.0 Å². The van der Waals surface area contributed by atoms with Gasteiger partial charge in [0, 0.05) is 6.04 Å². The van der Waals surface area contributed by atoms with Crippen LogP contribution in [-0.4, -0.2) is 55.2 Å². The molecule has 7 nitrogen and oxygen atoms in total. The summed E-state index contributed by atoms with van der Waals surface area (Å²) in [7, 11) is -3.05. The number of aliphatic hydroxyl groups is 1. The van der Waals surface area contributed by atoms with Crippen molar-refractivity contribution < 1.29 is 27.9 Å². The minimum Gasteiger partial charge on any atom is -0.456 e. The molecule has 146 valence electrons. The number of carbonyl (C=O) groups is 2. The summed E-state index contributed by atoms with van der Waals surface area (Å²) in [5.74, 6) is 0.195. The fourth-order valence-electron chi connectivity index (χ4n) is 6.29. The number of nitrogens with one attached hydrogen (secondary N) is 1. The molecule has 1 amide bonds. The van der Waals surface area contributed by atoms with Crippen LogP contribution in [0.5, 0.6) is 0 Å². The van der Waals surface area contributed by atoms with E-state index in [2.05, 4.69) is 5.32 Å². The van der Waals surface area contributed by atoms with Crippen LogP contribution in [0.2, 0.25) is 0 Å². The third kappa shape index (κ3) is 3.76. The summed E-state index contributed by atoms with van der Waals surface area (Å²) in [6.45, 7) is -0.372. The lowest BCUT2D eigenvalue weighted by Gasteiger charge is -2.60. The number of esters is 1. The lowest BCUT2D eigenvalue weighted by molar-refractivity contribution is -0.177. The van der Waals surface area contributed by atoms with Gasteiger partial charge in [-0.2, -0.15) is 0 Å². The van der Waals surface area contributed by atoms with Crippen LogP contribution in [0.25, 0.3) is 0 Å². The van der Waals surface area contributed by atoms with Crippen LogP contribution in [0, 0.1) is 17.3 Å². The van der Waals surface area contributed by atoms with Gasteiger partial charge in [-0.1, -0.05) is 0 Å². The second kappa shape index (κ2) is 6.19. The van der Waals surface area contributed by atoms with Crippen molar-refractivity contribution in [3.63, 3.8) is 0 Å². The fraction of sp³-hybridized carbons (Fsp3) is 0.889. The number of amides is 1. The Morgan fingerprint density at radius 3 is 2.42 bits per heavy atom. The Labute approximate surface area is 153 Å². The highest BCUT2D eigenvalue weighted by atomic mass is 32.2. The number of ether oxygens (including phenoxy) is 1. The highest BCUT2D eigenvalue weighted by Gasteiger charge is 2.57. The Balaban J connectivity index is 1.26. The maximum Gasteiger partial charge on any atom is 0.306 e. The summed E-state index contributed by atoms with van der Waals surface area (Å²) in [6.07, 6.45) is 6.13. The molecule has 0 aromatic heterocycles. The summed E-state index contributed by atoms with van der Waals surface area (Å²) in [4.78, 5) is 24.2. The first-order valence-corrected chi connectivity index (χ1v) is 11.3. The molecular formula is C18H27NO6S. The number of carbonyl (C=O) groups excluding carboxylic acids is 2. The van der Waals surface area contributed by atoms with Crippen molar-refractivity contribution in [1.29, 1.82) is 0 Å². The van der Waals surface area contributed by atoms with Crippen LogP contribution in [-0.2, 0) is 24.2 Å². The lowest BCUT2D eigenvalue weighted by atomic mass is 9.47. The molecule has 4 aliphatic carbocycles. The van der Waals surface area contributed by atoms with E-state index in [4.69, 9.17) is 4.74 Å². The third-order valence-corrected chi connectivity index (χ3v) is 8.40. The summed E-state index contributed by atoms with van der Waals surface area (Å²) in [5, 5.41) is 13.4. The average molecular weight is 385 g/mol. The van der Waals surface area contributed by atoms with Gasteiger partial charge in [0.05, 0.1) is 23.5 Å². The van der Waals surface area contributed by atoms with E-state index >= 15 is 0 Å². The Kier molecular flexibility index (Phi) is 4.34. The van der Waals surface area contributed by atoms with E-state index in [0.29, 0.717) is 24.7 Å². The van der Waals surface area contributed by atoms with Crippen molar-refractivity contribution in [1.82, 2.24) is 5.32 Å². The van der Waals surface area contributed by atoms with Crippen LogP contribution in [0.4, 0.5) is 0 Å². The van der Waals surface area contributed by atoms with Gasteiger partial charge < -0.3 is 15.2 Å². The standard InChI is InChI=1S/C18H27NO6S/c20-15(19-14-1-2-26(23,24)10-14)9-25-16(21)8-17-4-12-3-13(5-17)7-18(22,6-12)11-17/h12-14,22H,1-11H2,(H,19,20)/t12-,13+,14-,17?,18?/m0/s1. The topological polar surface area (TPSA) is 110 Å². The molecular weight excluding hydrogens is 358 g/mol. The molecule has 5 fully saturated rings. The van der Waals surface area contributed by atoms with E-state index in [0.717, 1.165) is 32.1 Å². The number of rotatable bonds is 5. The summed E-state index contributed by atoms with van der Waals surface area (Å²) < 4.78 is 28.0. The molecule has 0 aromatic rings. The zero-order chi connectivity index (χ0) is 18.6. The van der Waals surface area contributed by atoms with Gasteiger partial charge in [0.1, 0.15) is 0 Å². The first-order valence-electron chi connectivity index (χ1n) is 9.52. The normalized spacial score (nSPS) is 42.6. The second-order valence-corrected chi connectivity index (χ2v) is 11.4. The van der Waals surface area contributed by atoms with Gasteiger partial charge in [0.2, 0.25) is 0 Å². The molecule has 1 heterocycles. The molecule has 5 aliphatic rings. The molecule has 1 saturated heterocycles. The van der Waals surface area contributed by atoms with E-state index in [1.807, 2.05) is 0 Å². The SMILES string of the molecule is O=C(COC(=O)CC12C[C@@H]3C[C@@H](CC(O)(C3)C1)C2)N[C@H]1CCS(=O)(=O)C1. The summed E-state index contributed by atoms with van der Waals surface area (Å²) in [6, 6.07) is -0.386. The fourth-order valence-corrected chi connectivity index (χ4v) is 7.96. The number of hydrogen-bond acceptors (Lipinski definition) is 6. The third-order valence-electron chi connectivity index (χ3n) is 6.63. The van der Waals surface area contributed by atoms with Crippen molar-refractivity contribution in [2.75, 3.05) is 18.1 Å². The summed E-state index contributed by atoms with van der Waals surface area (Å²) >= 11 is 0. The van der Waals surface area contributed by atoms with Crippen LogP contribution in [0.1, 0.15) is 51.4 Å². The van der Waals surface area contributed by atoms with E-state index < -0.39 is 27.3 Å². The van der Waals surface area contributed by atoms with Crippen molar-refractivity contribution in [3.8, 4) is 0 Å². The first kappa shape index (κ1) is 18.2. The first-order chi connectivity index (χ1) is 12.1. The van der Waals surface area contributed by atoms with Crippen LogP contribution in [0.15, 0.2) is 0 Å². The Morgan fingerprint density at radius 1 is 1.15 bits per heavy atom. The molecule has 26 heavy (non-hydrogen) atoms. The quantitative estimate of drug-likeness (QED) is 0.669. The minimum atomic E-state index is -3.05. The smallest absolute Gasteiger partial charge is 0.306 e. The molecule has 0 aromatic carbocycles. The van der Waals surface area contributed by atoms with Gasteiger partial charge in [0.15, 0.2) is 16.4 Å². The summed E-state index contributed by atoms with van der Waals surface area (Å²) in [5.41, 5.74) is -0.790. The van der Waals surface area contributed by atoms with E-state index in [1.54, 1.807) is 0 Å². The van der Waals surface area contributed by atoms with Gasteiger partial charge >= 0.3 is 5.97 Å². The lowest BCUT2D eigenvalue weighted by Crippen LogP contribution is -2.56. The monoisotopic (exact) mass is 385 g/mol. The molecule has 4 saturated carbocycles. The van der Waals surface area contributed by atoms with Crippen molar-refractivity contribution in [3.05, 3.63) is 0 Å². The largest absolute Gasteiger partial charge is 0.456 e. The minimum absolute atomic E-state index is 0.0445. The van der Waals surface area contributed by atoms with E-state index in [1.165, 1.54) is 0 Å². The Hall–Kier alpha value is -1.15. The second-order valence-electron chi connectivity index (χ2n) is 9.19. The molecule has 5 atom stereocenters. The predicted octanol–water partition coefficient (Wildman–Crippen LogP) is 0.554. The highest BCUT2D eigenvalue weighted by molar-refractivity contribution is 7.91. The maximum absolute atomic E-state index is 12.3. The predicted molar refractivity (Wildman–Crippen MR) is 92.8 cm³/mol. The van der Waals surface area contributed by atoms with E-state index in [9.17, 15) is 23.1 Å². The van der Waals surface area contributed by atoms with Crippen molar-refractivity contribution >= 4 is 21.7 Å². The Morgan fingerprint density at radius 2 is 1.85 bits per heavy atom. The van der Waals surface area contributed by atoms with Gasteiger partial charge in [-0.05, 0) is 62.2 Å². The van der Waals surface area contributed by atoms with Crippen LogP contribution < -0.4 is 5.32 Å². The molecule has 2 unspecified atom stereocenters.